The van der Waals surface area contributed by atoms with Crippen LogP contribution in [0.5, 0.6) is 0 Å². The van der Waals surface area contributed by atoms with Gasteiger partial charge in [0.05, 0.1) is 21.5 Å². The Labute approximate surface area is 173 Å². The first-order chi connectivity index (χ1) is 13.4. The SMILES string of the molecule is C=C(NC(=O)c1ccc(Cl)c(Cl)c1)[C@H](C)C(=O)Nc1ccc(F)c(C(F)(F)F)c1. The molecule has 2 aromatic rings. The van der Waals surface area contributed by atoms with Crippen molar-refractivity contribution in [2.75, 3.05) is 5.32 Å². The van der Waals surface area contributed by atoms with Crippen LogP contribution < -0.4 is 10.6 Å². The van der Waals surface area contributed by atoms with Gasteiger partial charge < -0.3 is 10.6 Å². The van der Waals surface area contributed by atoms with E-state index in [1.807, 2.05) is 0 Å². The first kappa shape index (κ1) is 22.7. The highest BCUT2D eigenvalue weighted by atomic mass is 35.5. The summed E-state index contributed by atoms with van der Waals surface area (Å²) < 4.78 is 51.7. The Kier molecular flexibility index (Phi) is 6.92. The van der Waals surface area contributed by atoms with E-state index in [0.29, 0.717) is 12.1 Å². The lowest BCUT2D eigenvalue weighted by Crippen LogP contribution is -2.31. The van der Waals surface area contributed by atoms with Gasteiger partial charge in [-0.05, 0) is 43.3 Å². The lowest BCUT2D eigenvalue weighted by atomic mass is 10.1. The van der Waals surface area contributed by atoms with Crippen LogP contribution in [0.25, 0.3) is 0 Å². The zero-order valence-corrected chi connectivity index (χ0v) is 16.3. The minimum atomic E-state index is -4.91. The number of nitrogens with one attached hydrogen (secondary N) is 2. The van der Waals surface area contributed by atoms with Gasteiger partial charge >= 0.3 is 6.18 Å². The molecule has 154 valence electrons. The molecule has 0 heterocycles. The van der Waals surface area contributed by atoms with Gasteiger partial charge in [-0.15, -0.1) is 0 Å². The number of hydrogen-bond donors (Lipinski definition) is 2. The third-order valence-electron chi connectivity index (χ3n) is 3.91. The number of halogens is 6. The molecule has 0 radical (unpaired) electrons. The van der Waals surface area contributed by atoms with Gasteiger partial charge in [-0.2, -0.15) is 13.2 Å². The summed E-state index contributed by atoms with van der Waals surface area (Å²) in [5, 5.41) is 5.07. The second kappa shape index (κ2) is 8.84. The maximum absolute atomic E-state index is 13.3. The van der Waals surface area contributed by atoms with Gasteiger partial charge in [0, 0.05) is 16.9 Å². The normalized spacial score (nSPS) is 12.2. The number of carbonyl (C=O) groups is 2. The molecule has 0 aromatic heterocycles. The second-order valence-electron chi connectivity index (χ2n) is 6.01. The molecule has 1 atom stereocenters. The van der Waals surface area contributed by atoms with Gasteiger partial charge in [0.1, 0.15) is 5.82 Å². The van der Waals surface area contributed by atoms with Crippen molar-refractivity contribution in [2.45, 2.75) is 13.1 Å². The summed E-state index contributed by atoms with van der Waals surface area (Å²) in [6, 6.07) is 6.24. The lowest BCUT2D eigenvalue weighted by molar-refractivity contribution is -0.140. The summed E-state index contributed by atoms with van der Waals surface area (Å²) in [5.74, 6) is -3.80. The molecule has 0 fully saturated rings. The third kappa shape index (κ3) is 5.71. The fourth-order valence-electron chi connectivity index (χ4n) is 2.19. The van der Waals surface area contributed by atoms with Crippen molar-refractivity contribution in [3.63, 3.8) is 0 Å². The number of rotatable bonds is 5. The van der Waals surface area contributed by atoms with E-state index in [0.717, 1.165) is 6.07 Å². The monoisotopic (exact) mass is 448 g/mol. The molecule has 2 aromatic carbocycles. The van der Waals surface area contributed by atoms with Crippen LogP contribution in [0.3, 0.4) is 0 Å². The Morgan fingerprint density at radius 3 is 2.31 bits per heavy atom. The molecule has 0 spiro atoms. The topological polar surface area (TPSA) is 58.2 Å². The summed E-state index contributed by atoms with van der Waals surface area (Å²) in [5.41, 5.74) is -1.59. The van der Waals surface area contributed by atoms with Gasteiger partial charge in [0.2, 0.25) is 5.91 Å². The fraction of sp³-hybridized carbons (Fsp3) is 0.158. The molecule has 2 rings (SSSR count). The zero-order valence-electron chi connectivity index (χ0n) is 14.8. The average Bonchev–Trinajstić information content (AvgIpc) is 2.63. The Bertz CT molecular complexity index is 977. The quantitative estimate of drug-likeness (QED) is 0.578. The van der Waals surface area contributed by atoms with Crippen molar-refractivity contribution in [1.29, 1.82) is 0 Å². The molecule has 2 N–H and O–H groups in total. The van der Waals surface area contributed by atoms with Crippen LogP contribution in [0.2, 0.25) is 10.0 Å². The highest BCUT2D eigenvalue weighted by molar-refractivity contribution is 6.42. The van der Waals surface area contributed by atoms with Crippen molar-refractivity contribution in [1.82, 2.24) is 5.32 Å². The standard InChI is InChI=1S/C19H14Cl2F4N2O2/c1-9(10(2)26-18(29)11-3-5-14(20)15(21)7-11)17(28)27-12-4-6-16(22)13(8-12)19(23,24)25/h3-9H,2H2,1H3,(H,26,29)(H,27,28)/t9-/m0/s1. The summed E-state index contributed by atoms with van der Waals surface area (Å²) in [7, 11) is 0. The number of carbonyl (C=O) groups excluding carboxylic acids is 2. The van der Waals surface area contributed by atoms with E-state index < -0.39 is 35.3 Å². The molecule has 0 bridgehead atoms. The van der Waals surface area contributed by atoms with Crippen LogP contribution in [0, 0.1) is 11.7 Å². The summed E-state index contributed by atoms with van der Waals surface area (Å²) >= 11 is 11.6. The maximum atomic E-state index is 13.3. The molecule has 0 aliphatic rings. The molecule has 0 aliphatic carbocycles. The number of alkyl halides is 3. The van der Waals surface area contributed by atoms with Crippen molar-refractivity contribution in [2.24, 2.45) is 5.92 Å². The first-order valence-electron chi connectivity index (χ1n) is 8.03. The van der Waals surface area contributed by atoms with Gasteiger partial charge in [-0.1, -0.05) is 29.8 Å². The van der Waals surface area contributed by atoms with Gasteiger partial charge in [0.25, 0.3) is 5.91 Å². The average molecular weight is 449 g/mol. The second-order valence-corrected chi connectivity index (χ2v) is 6.83. The van der Waals surface area contributed by atoms with E-state index in [2.05, 4.69) is 17.2 Å². The van der Waals surface area contributed by atoms with E-state index in [1.165, 1.54) is 25.1 Å². The van der Waals surface area contributed by atoms with Gasteiger partial charge in [-0.3, -0.25) is 9.59 Å². The zero-order chi connectivity index (χ0) is 21.9. The van der Waals surface area contributed by atoms with Crippen molar-refractivity contribution < 1.29 is 27.2 Å². The Morgan fingerprint density at radius 2 is 1.72 bits per heavy atom. The predicted molar refractivity (Wildman–Crippen MR) is 102 cm³/mol. The minimum absolute atomic E-state index is 0.00303. The largest absolute Gasteiger partial charge is 0.419 e. The number of hydrogen-bond acceptors (Lipinski definition) is 2. The molecule has 0 saturated carbocycles. The van der Waals surface area contributed by atoms with Crippen LogP contribution in [0.1, 0.15) is 22.8 Å². The molecule has 29 heavy (non-hydrogen) atoms. The lowest BCUT2D eigenvalue weighted by Gasteiger charge is -2.17. The molecular formula is C19H14Cl2F4N2O2. The Balaban J connectivity index is 2.07. The predicted octanol–water partition coefficient (Wildman–Crippen LogP) is 5.67. The van der Waals surface area contributed by atoms with E-state index in [-0.39, 0.29) is 27.0 Å². The molecule has 2 amide bonds. The van der Waals surface area contributed by atoms with Crippen LogP contribution in [-0.2, 0) is 11.0 Å². The Morgan fingerprint density at radius 1 is 1.07 bits per heavy atom. The fourth-order valence-corrected chi connectivity index (χ4v) is 2.49. The highest BCUT2D eigenvalue weighted by Crippen LogP contribution is 2.33. The van der Waals surface area contributed by atoms with Crippen LogP contribution >= 0.6 is 23.2 Å². The molecular weight excluding hydrogens is 435 g/mol. The van der Waals surface area contributed by atoms with E-state index >= 15 is 0 Å². The number of benzene rings is 2. The smallest absolute Gasteiger partial charge is 0.326 e. The summed E-state index contributed by atoms with van der Waals surface area (Å²) in [6.07, 6.45) is -4.91. The highest BCUT2D eigenvalue weighted by Gasteiger charge is 2.34. The van der Waals surface area contributed by atoms with Gasteiger partial charge in [-0.25, -0.2) is 4.39 Å². The van der Waals surface area contributed by atoms with Crippen molar-refractivity contribution >= 4 is 40.7 Å². The molecule has 0 aliphatic heterocycles. The molecule has 0 saturated heterocycles. The Hall–Kier alpha value is -2.58. The van der Waals surface area contributed by atoms with Crippen molar-refractivity contribution in [3.05, 3.63) is 75.7 Å². The third-order valence-corrected chi connectivity index (χ3v) is 4.65. The minimum Gasteiger partial charge on any atom is -0.326 e. The number of amides is 2. The molecule has 10 heteroatoms. The van der Waals surface area contributed by atoms with Crippen LogP contribution in [-0.4, -0.2) is 11.8 Å². The summed E-state index contributed by atoms with van der Waals surface area (Å²) in [4.78, 5) is 24.5. The molecule has 0 unspecified atom stereocenters. The first-order valence-corrected chi connectivity index (χ1v) is 8.78. The van der Waals surface area contributed by atoms with Crippen molar-refractivity contribution in [3.8, 4) is 0 Å². The summed E-state index contributed by atoms with van der Waals surface area (Å²) in [6.45, 7) is 4.99. The van der Waals surface area contributed by atoms with Crippen LogP contribution in [0.15, 0.2) is 48.7 Å². The van der Waals surface area contributed by atoms with E-state index in [1.54, 1.807) is 0 Å². The van der Waals surface area contributed by atoms with E-state index in [9.17, 15) is 27.2 Å². The number of anilines is 1. The van der Waals surface area contributed by atoms with Crippen LogP contribution in [0.4, 0.5) is 23.2 Å². The molecule has 4 nitrogen and oxygen atoms in total. The van der Waals surface area contributed by atoms with E-state index in [4.69, 9.17) is 23.2 Å². The van der Waals surface area contributed by atoms with Gasteiger partial charge in [0.15, 0.2) is 0 Å². The maximum Gasteiger partial charge on any atom is 0.419 e.